The zero-order chi connectivity index (χ0) is 10.8. The maximum atomic E-state index is 11.1. The molecule has 0 aromatic rings. The normalized spacial score (nSPS) is 11.5. The Morgan fingerprint density at radius 1 is 1.36 bits per heavy atom. The Labute approximate surface area is 84.1 Å². The maximum absolute atomic E-state index is 11.1. The molecule has 14 heavy (non-hydrogen) atoms. The van der Waals surface area contributed by atoms with Crippen LogP contribution in [0.2, 0.25) is 0 Å². The van der Waals surface area contributed by atoms with Crippen molar-refractivity contribution in [2.75, 3.05) is 6.61 Å². The van der Waals surface area contributed by atoms with Gasteiger partial charge in [-0.2, -0.15) is 0 Å². The maximum Gasteiger partial charge on any atom is 0.384 e. The molecule has 0 saturated heterocycles. The first kappa shape index (κ1) is 12.6. The van der Waals surface area contributed by atoms with Crippen LogP contribution >= 0.6 is 0 Å². The van der Waals surface area contributed by atoms with Crippen molar-refractivity contribution in [3.63, 3.8) is 0 Å². The van der Waals surface area contributed by atoms with Crippen LogP contribution in [0.15, 0.2) is 24.2 Å². The van der Waals surface area contributed by atoms with Gasteiger partial charge in [-0.25, -0.2) is 9.68 Å². The van der Waals surface area contributed by atoms with Gasteiger partial charge in [-0.1, -0.05) is 6.92 Å². The van der Waals surface area contributed by atoms with Gasteiger partial charge in [0, 0.05) is 0 Å². The van der Waals surface area contributed by atoms with Gasteiger partial charge in [0.2, 0.25) is 0 Å². The number of allylic oxidation sites excluding steroid dienone is 1. The van der Waals surface area contributed by atoms with Crippen LogP contribution in [-0.4, -0.2) is 12.6 Å². The molecule has 0 atom stereocenters. The molecular formula is C10H16O4. The van der Waals surface area contributed by atoms with Gasteiger partial charge >= 0.3 is 5.97 Å². The van der Waals surface area contributed by atoms with Crippen LogP contribution in [0.1, 0.15) is 27.2 Å². The fourth-order valence-corrected chi connectivity index (χ4v) is 0.529. The summed E-state index contributed by atoms with van der Waals surface area (Å²) in [4.78, 5) is 20.0. The van der Waals surface area contributed by atoms with Gasteiger partial charge in [-0.3, -0.25) is 4.89 Å². The molecule has 4 nitrogen and oxygen atoms in total. The topological polar surface area (TPSA) is 44.8 Å². The monoisotopic (exact) mass is 200 g/mol. The highest BCUT2D eigenvalue weighted by molar-refractivity contribution is 5.86. The Balaban J connectivity index is 3.78. The average Bonchev–Trinajstić information content (AvgIpc) is 2.20. The molecule has 0 heterocycles. The third kappa shape index (κ3) is 6.11. The highest BCUT2D eigenvalue weighted by atomic mass is 17.2. The van der Waals surface area contributed by atoms with Crippen molar-refractivity contribution in [1.29, 1.82) is 0 Å². The van der Waals surface area contributed by atoms with E-state index in [9.17, 15) is 4.79 Å². The molecule has 0 aromatic carbocycles. The summed E-state index contributed by atoms with van der Waals surface area (Å²) < 4.78 is 4.91. The van der Waals surface area contributed by atoms with Crippen molar-refractivity contribution in [1.82, 2.24) is 0 Å². The molecule has 0 unspecified atom stereocenters. The standard InChI is InChI=1S/C10H16O4/c1-4-6-7-13-14-10(11)9(3)8-12-5-2/h6-8H,4-5H2,1-3H3. The van der Waals surface area contributed by atoms with Gasteiger partial charge in [0.1, 0.15) is 6.26 Å². The predicted octanol–water partition coefficient (Wildman–Crippen LogP) is 2.33. The van der Waals surface area contributed by atoms with Gasteiger partial charge < -0.3 is 4.74 Å². The van der Waals surface area contributed by atoms with Crippen LogP contribution in [0.25, 0.3) is 0 Å². The van der Waals surface area contributed by atoms with Gasteiger partial charge in [-0.15, -0.1) is 0 Å². The zero-order valence-corrected chi connectivity index (χ0v) is 8.78. The second kappa shape index (κ2) is 8.16. The lowest BCUT2D eigenvalue weighted by Gasteiger charge is -2.00. The summed E-state index contributed by atoms with van der Waals surface area (Å²) >= 11 is 0. The van der Waals surface area contributed by atoms with E-state index in [-0.39, 0.29) is 0 Å². The lowest BCUT2D eigenvalue weighted by atomic mass is 10.3. The van der Waals surface area contributed by atoms with Crippen LogP contribution in [0.5, 0.6) is 0 Å². The molecule has 0 aliphatic heterocycles. The second-order valence-corrected chi connectivity index (χ2v) is 2.50. The van der Waals surface area contributed by atoms with Crippen molar-refractivity contribution >= 4 is 5.97 Å². The summed E-state index contributed by atoms with van der Waals surface area (Å²) in [5, 5.41) is 0. The van der Waals surface area contributed by atoms with Crippen molar-refractivity contribution in [3.8, 4) is 0 Å². The lowest BCUT2D eigenvalue weighted by Crippen LogP contribution is -2.04. The average molecular weight is 200 g/mol. The van der Waals surface area contributed by atoms with Crippen LogP contribution in [0.3, 0.4) is 0 Å². The molecule has 0 spiro atoms. The van der Waals surface area contributed by atoms with E-state index in [4.69, 9.17) is 4.74 Å². The van der Waals surface area contributed by atoms with E-state index < -0.39 is 5.97 Å². The summed E-state index contributed by atoms with van der Waals surface area (Å²) in [7, 11) is 0. The first-order chi connectivity index (χ1) is 6.72. The van der Waals surface area contributed by atoms with Crippen LogP contribution in [-0.2, 0) is 19.3 Å². The predicted molar refractivity (Wildman–Crippen MR) is 52.0 cm³/mol. The third-order valence-corrected chi connectivity index (χ3v) is 1.26. The fraction of sp³-hybridized carbons (Fsp3) is 0.500. The molecule has 0 fully saturated rings. The van der Waals surface area contributed by atoms with E-state index in [1.807, 2.05) is 13.8 Å². The van der Waals surface area contributed by atoms with E-state index in [0.29, 0.717) is 12.2 Å². The molecule has 0 aliphatic carbocycles. The highest BCUT2D eigenvalue weighted by Crippen LogP contribution is 1.98. The molecule has 4 heteroatoms. The van der Waals surface area contributed by atoms with Gasteiger partial charge in [0.05, 0.1) is 18.4 Å². The highest BCUT2D eigenvalue weighted by Gasteiger charge is 2.06. The molecule has 0 saturated carbocycles. The molecule has 0 rings (SSSR count). The molecule has 0 aliphatic rings. The van der Waals surface area contributed by atoms with E-state index >= 15 is 0 Å². The van der Waals surface area contributed by atoms with E-state index in [1.54, 1.807) is 13.0 Å². The van der Waals surface area contributed by atoms with Crippen molar-refractivity contribution in [2.24, 2.45) is 0 Å². The van der Waals surface area contributed by atoms with E-state index in [0.717, 1.165) is 6.42 Å². The molecule has 0 N–H and O–H groups in total. The molecule has 0 amide bonds. The largest absolute Gasteiger partial charge is 0.501 e. The Kier molecular flexibility index (Phi) is 7.32. The first-order valence-electron chi connectivity index (χ1n) is 4.53. The Hall–Kier alpha value is -1.45. The summed E-state index contributed by atoms with van der Waals surface area (Å²) in [6, 6.07) is 0. The quantitative estimate of drug-likeness (QED) is 0.285. The van der Waals surface area contributed by atoms with Gasteiger partial charge in [-0.05, 0) is 26.3 Å². The number of rotatable bonds is 6. The summed E-state index contributed by atoms with van der Waals surface area (Å²) in [5.41, 5.74) is 0.358. The SMILES string of the molecule is CCC=COOC(=O)C(C)=COCC. The van der Waals surface area contributed by atoms with Crippen molar-refractivity contribution in [3.05, 3.63) is 24.2 Å². The second-order valence-electron chi connectivity index (χ2n) is 2.50. The molecular weight excluding hydrogens is 184 g/mol. The minimum Gasteiger partial charge on any atom is -0.501 e. The Morgan fingerprint density at radius 3 is 2.64 bits per heavy atom. The van der Waals surface area contributed by atoms with E-state index in [1.165, 1.54) is 12.5 Å². The first-order valence-corrected chi connectivity index (χ1v) is 4.53. The number of hydrogen-bond acceptors (Lipinski definition) is 4. The molecule has 0 radical (unpaired) electrons. The smallest absolute Gasteiger partial charge is 0.384 e. The minimum atomic E-state index is -0.556. The third-order valence-electron chi connectivity index (χ3n) is 1.26. The number of carbonyl (C=O) groups is 1. The van der Waals surface area contributed by atoms with E-state index in [2.05, 4.69) is 9.78 Å². The summed E-state index contributed by atoms with van der Waals surface area (Å²) in [5.74, 6) is -0.556. The van der Waals surface area contributed by atoms with Crippen LogP contribution in [0, 0.1) is 0 Å². The Bertz CT molecular complexity index is 218. The van der Waals surface area contributed by atoms with Crippen molar-refractivity contribution < 1.29 is 19.3 Å². The summed E-state index contributed by atoms with van der Waals surface area (Å²) in [6.45, 7) is 5.88. The van der Waals surface area contributed by atoms with Crippen molar-refractivity contribution in [2.45, 2.75) is 27.2 Å². The fourth-order valence-electron chi connectivity index (χ4n) is 0.529. The van der Waals surface area contributed by atoms with Gasteiger partial charge in [0.25, 0.3) is 0 Å². The molecule has 0 bridgehead atoms. The molecule has 80 valence electrons. The Morgan fingerprint density at radius 2 is 2.07 bits per heavy atom. The number of ether oxygens (including phenoxy) is 1. The van der Waals surface area contributed by atoms with Gasteiger partial charge in [0.15, 0.2) is 0 Å². The molecule has 0 aromatic heterocycles. The lowest BCUT2D eigenvalue weighted by molar-refractivity contribution is -0.233. The van der Waals surface area contributed by atoms with Crippen LogP contribution in [0.4, 0.5) is 0 Å². The summed E-state index contributed by atoms with van der Waals surface area (Å²) in [6.07, 6.45) is 5.22. The zero-order valence-electron chi connectivity index (χ0n) is 8.78. The number of carbonyl (C=O) groups excluding carboxylic acids is 1. The number of hydrogen-bond donors (Lipinski definition) is 0. The minimum absolute atomic E-state index is 0.358. The van der Waals surface area contributed by atoms with Crippen LogP contribution < -0.4 is 0 Å².